The highest BCUT2D eigenvalue weighted by molar-refractivity contribution is 7.17. The lowest BCUT2D eigenvalue weighted by atomic mass is 9.88. The Bertz CT molecular complexity index is 830. The van der Waals surface area contributed by atoms with Crippen LogP contribution in [0.4, 0.5) is 5.00 Å². The van der Waals surface area contributed by atoms with E-state index >= 15 is 0 Å². The van der Waals surface area contributed by atoms with Crippen molar-refractivity contribution in [3.8, 4) is 0 Å². The zero-order valence-electron chi connectivity index (χ0n) is 14.9. The van der Waals surface area contributed by atoms with Gasteiger partial charge in [0.1, 0.15) is 5.00 Å². The number of thiophene rings is 1. The van der Waals surface area contributed by atoms with E-state index in [1.807, 2.05) is 6.92 Å². The van der Waals surface area contributed by atoms with Gasteiger partial charge in [-0.05, 0) is 55.4 Å². The first kappa shape index (κ1) is 18.9. The molecule has 1 unspecified atom stereocenters. The number of carbonyl (C=O) groups excluding carboxylic acids is 2. The van der Waals surface area contributed by atoms with Crippen molar-refractivity contribution >= 4 is 39.8 Å². The number of esters is 1. The van der Waals surface area contributed by atoms with E-state index < -0.39 is 0 Å². The highest BCUT2D eigenvalue weighted by atomic mass is 35.5. The van der Waals surface area contributed by atoms with Gasteiger partial charge in [-0.15, -0.1) is 11.3 Å². The van der Waals surface area contributed by atoms with Crippen LogP contribution in [0.3, 0.4) is 0 Å². The Balaban J connectivity index is 1.92. The minimum atomic E-state index is -0.347. The predicted molar refractivity (Wildman–Crippen MR) is 105 cm³/mol. The minimum absolute atomic E-state index is 0.274. The van der Waals surface area contributed by atoms with Crippen LogP contribution >= 0.6 is 22.9 Å². The zero-order chi connectivity index (χ0) is 18.7. The maximum absolute atomic E-state index is 12.6. The second-order valence-corrected chi connectivity index (χ2v) is 8.20. The largest absolute Gasteiger partial charge is 0.462 e. The van der Waals surface area contributed by atoms with Crippen LogP contribution in [0.25, 0.3) is 0 Å². The third-order valence-corrected chi connectivity index (χ3v) is 5.87. The number of rotatable bonds is 5. The van der Waals surface area contributed by atoms with Gasteiger partial charge in [-0.25, -0.2) is 4.79 Å². The van der Waals surface area contributed by atoms with Crippen molar-refractivity contribution in [2.75, 3.05) is 11.9 Å². The molecule has 0 spiro atoms. The number of halogens is 1. The van der Waals surface area contributed by atoms with Crippen molar-refractivity contribution < 1.29 is 14.3 Å². The first-order valence-electron chi connectivity index (χ1n) is 8.88. The van der Waals surface area contributed by atoms with E-state index in [0.717, 1.165) is 31.2 Å². The highest BCUT2D eigenvalue weighted by Gasteiger charge is 2.29. The molecule has 26 heavy (non-hydrogen) atoms. The molecule has 1 aromatic heterocycles. The first-order valence-corrected chi connectivity index (χ1v) is 10.1. The Morgan fingerprint density at radius 3 is 2.92 bits per heavy atom. The molecule has 0 radical (unpaired) electrons. The van der Waals surface area contributed by atoms with E-state index in [9.17, 15) is 9.59 Å². The number of anilines is 1. The molecule has 138 valence electrons. The van der Waals surface area contributed by atoms with Crippen LogP contribution in [-0.2, 0) is 17.6 Å². The molecule has 6 heteroatoms. The van der Waals surface area contributed by atoms with E-state index in [1.54, 1.807) is 24.3 Å². The lowest BCUT2D eigenvalue weighted by molar-refractivity contribution is 0.0505. The van der Waals surface area contributed by atoms with Gasteiger partial charge < -0.3 is 10.1 Å². The molecule has 1 amide bonds. The molecule has 0 saturated heterocycles. The molecule has 0 fully saturated rings. The van der Waals surface area contributed by atoms with Crippen LogP contribution in [-0.4, -0.2) is 18.5 Å². The summed E-state index contributed by atoms with van der Waals surface area (Å²) in [6.45, 7) is 4.55. The summed E-state index contributed by atoms with van der Waals surface area (Å²) in [6, 6.07) is 6.76. The SMILES string of the molecule is CCCOC(=O)c1c(NC(=O)c2cccc(Cl)c2)sc2c1CCC(C)C2. The number of nitrogens with one attached hydrogen (secondary N) is 1. The molecular formula is C20H22ClNO3S. The lowest BCUT2D eigenvalue weighted by Crippen LogP contribution is -2.17. The van der Waals surface area contributed by atoms with Gasteiger partial charge in [0.15, 0.2) is 0 Å². The molecule has 1 heterocycles. The topological polar surface area (TPSA) is 55.4 Å². The Labute approximate surface area is 162 Å². The second-order valence-electron chi connectivity index (χ2n) is 6.66. The lowest BCUT2D eigenvalue weighted by Gasteiger charge is -2.18. The van der Waals surface area contributed by atoms with E-state index in [0.29, 0.717) is 33.7 Å². The third kappa shape index (κ3) is 4.10. The summed E-state index contributed by atoms with van der Waals surface area (Å²) in [5.74, 6) is -0.0406. The van der Waals surface area contributed by atoms with Crippen molar-refractivity contribution in [1.29, 1.82) is 0 Å². The molecule has 0 saturated carbocycles. The van der Waals surface area contributed by atoms with Crippen molar-refractivity contribution in [2.24, 2.45) is 5.92 Å². The second kappa shape index (κ2) is 8.23. The number of fused-ring (bicyclic) bond motifs is 1. The van der Waals surface area contributed by atoms with Gasteiger partial charge in [-0.2, -0.15) is 0 Å². The quantitative estimate of drug-likeness (QED) is 0.699. The van der Waals surface area contributed by atoms with Crippen LogP contribution in [0.2, 0.25) is 5.02 Å². The molecule has 0 bridgehead atoms. The summed E-state index contributed by atoms with van der Waals surface area (Å²) in [5.41, 5.74) is 2.03. The number of carbonyl (C=O) groups is 2. The number of amides is 1. The summed E-state index contributed by atoms with van der Waals surface area (Å²) < 4.78 is 5.37. The Kier molecular flexibility index (Phi) is 5.99. The molecule has 1 atom stereocenters. The molecule has 1 N–H and O–H groups in total. The van der Waals surface area contributed by atoms with Crippen LogP contribution in [0.15, 0.2) is 24.3 Å². The normalized spacial score (nSPS) is 16.0. The van der Waals surface area contributed by atoms with E-state index in [4.69, 9.17) is 16.3 Å². The van der Waals surface area contributed by atoms with Crippen molar-refractivity contribution in [1.82, 2.24) is 0 Å². The highest BCUT2D eigenvalue weighted by Crippen LogP contribution is 2.40. The van der Waals surface area contributed by atoms with E-state index in [1.165, 1.54) is 16.2 Å². The van der Waals surface area contributed by atoms with Gasteiger partial charge in [0, 0.05) is 15.5 Å². The fourth-order valence-corrected chi connectivity index (χ4v) is 4.71. The average molecular weight is 392 g/mol. The Hall–Kier alpha value is -1.85. The van der Waals surface area contributed by atoms with Gasteiger partial charge in [0.05, 0.1) is 12.2 Å². The third-order valence-electron chi connectivity index (χ3n) is 4.47. The van der Waals surface area contributed by atoms with Crippen molar-refractivity contribution in [3.63, 3.8) is 0 Å². The van der Waals surface area contributed by atoms with Gasteiger partial charge in [-0.1, -0.05) is 31.5 Å². The maximum Gasteiger partial charge on any atom is 0.341 e. The summed E-state index contributed by atoms with van der Waals surface area (Å²) in [6.07, 6.45) is 3.58. The van der Waals surface area contributed by atoms with Crippen LogP contribution < -0.4 is 5.32 Å². The summed E-state index contributed by atoms with van der Waals surface area (Å²) in [7, 11) is 0. The number of hydrogen-bond donors (Lipinski definition) is 1. The molecule has 0 aliphatic heterocycles. The number of ether oxygens (including phenoxy) is 1. The monoisotopic (exact) mass is 391 g/mol. The Morgan fingerprint density at radius 2 is 2.19 bits per heavy atom. The first-order chi connectivity index (χ1) is 12.5. The maximum atomic E-state index is 12.6. The molecular weight excluding hydrogens is 370 g/mol. The van der Waals surface area contributed by atoms with Crippen LogP contribution in [0, 0.1) is 5.92 Å². The minimum Gasteiger partial charge on any atom is -0.462 e. The number of hydrogen-bond acceptors (Lipinski definition) is 4. The average Bonchev–Trinajstić information content (AvgIpc) is 2.96. The van der Waals surface area contributed by atoms with Gasteiger partial charge >= 0.3 is 5.97 Å². The van der Waals surface area contributed by atoms with E-state index in [-0.39, 0.29) is 11.9 Å². The molecule has 1 aliphatic rings. The molecule has 2 aromatic rings. The molecule has 3 rings (SSSR count). The Morgan fingerprint density at radius 1 is 1.38 bits per heavy atom. The fraction of sp³-hybridized carbons (Fsp3) is 0.400. The smallest absolute Gasteiger partial charge is 0.341 e. The van der Waals surface area contributed by atoms with Crippen LogP contribution in [0.5, 0.6) is 0 Å². The molecule has 1 aromatic carbocycles. The standard InChI is InChI=1S/C20H22ClNO3S/c1-3-9-25-20(24)17-15-8-7-12(2)10-16(15)26-19(17)22-18(23)13-5-4-6-14(21)11-13/h4-6,11-12H,3,7-10H2,1-2H3,(H,22,23). The molecule has 1 aliphatic carbocycles. The zero-order valence-corrected chi connectivity index (χ0v) is 16.5. The van der Waals surface area contributed by atoms with Gasteiger partial charge in [0.25, 0.3) is 5.91 Å². The number of benzene rings is 1. The van der Waals surface area contributed by atoms with Gasteiger partial charge in [0.2, 0.25) is 0 Å². The van der Waals surface area contributed by atoms with Crippen molar-refractivity contribution in [2.45, 2.75) is 39.5 Å². The van der Waals surface area contributed by atoms with E-state index in [2.05, 4.69) is 12.2 Å². The summed E-state index contributed by atoms with van der Waals surface area (Å²) in [4.78, 5) is 26.4. The predicted octanol–water partition coefficient (Wildman–Crippen LogP) is 5.35. The van der Waals surface area contributed by atoms with Crippen molar-refractivity contribution in [3.05, 3.63) is 50.9 Å². The van der Waals surface area contributed by atoms with Crippen LogP contribution in [0.1, 0.15) is 57.8 Å². The summed E-state index contributed by atoms with van der Waals surface area (Å²) in [5, 5.41) is 3.98. The molecule has 4 nitrogen and oxygen atoms in total. The summed E-state index contributed by atoms with van der Waals surface area (Å²) >= 11 is 7.47. The van der Waals surface area contributed by atoms with Gasteiger partial charge in [-0.3, -0.25) is 4.79 Å². The fourth-order valence-electron chi connectivity index (χ4n) is 3.13.